The predicted octanol–water partition coefficient (Wildman–Crippen LogP) is 4.10. The molecule has 26 heavy (non-hydrogen) atoms. The minimum absolute atomic E-state index is 0.0196. The fraction of sp³-hybridized carbons (Fsp3) is 0.500. The van der Waals surface area contributed by atoms with Crippen LogP contribution in [0.15, 0.2) is 40.5 Å². The van der Waals surface area contributed by atoms with E-state index in [1.54, 1.807) is 22.3 Å². The van der Waals surface area contributed by atoms with Gasteiger partial charge in [-0.05, 0) is 42.7 Å². The Bertz CT molecular complexity index is 702. The zero-order valence-corrected chi connectivity index (χ0v) is 16.1. The maximum absolute atomic E-state index is 12.8. The Balaban J connectivity index is 1.55. The van der Waals surface area contributed by atoms with Crippen LogP contribution in [0, 0.1) is 11.8 Å². The summed E-state index contributed by atoms with van der Waals surface area (Å²) < 4.78 is 4.99. The highest BCUT2D eigenvalue weighted by Gasteiger charge is 2.29. The van der Waals surface area contributed by atoms with Gasteiger partial charge in [-0.25, -0.2) is 0 Å². The Labute approximate surface area is 158 Å². The van der Waals surface area contributed by atoms with Crippen LogP contribution in [0.1, 0.15) is 54.4 Å². The Kier molecular flexibility index (Phi) is 6.14. The van der Waals surface area contributed by atoms with Gasteiger partial charge in [0.05, 0.1) is 17.9 Å². The van der Waals surface area contributed by atoms with Crippen molar-refractivity contribution >= 4 is 23.2 Å². The van der Waals surface area contributed by atoms with Crippen molar-refractivity contribution in [1.82, 2.24) is 10.2 Å². The van der Waals surface area contributed by atoms with E-state index in [0.29, 0.717) is 37.4 Å². The summed E-state index contributed by atoms with van der Waals surface area (Å²) in [6, 6.07) is 5.87. The van der Waals surface area contributed by atoms with Crippen LogP contribution in [0.5, 0.6) is 0 Å². The Morgan fingerprint density at radius 2 is 2.08 bits per heavy atom. The van der Waals surface area contributed by atoms with E-state index in [2.05, 4.69) is 30.6 Å². The number of carbonyl (C=O) groups is 2. The molecule has 1 unspecified atom stereocenters. The van der Waals surface area contributed by atoms with Gasteiger partial charge in [-0.2, -0.15) is 0 Å². The SMILES string of the molecule is CC(C)CC(NC(=O)C1CCN(C(=O)c2ccoc2)CC1)c1cccs1. The third-order valence-corrected chi connectivity index (χ3v) is 5.82. The van der Waals surface area contributed by atoms with Gasteiger partial charge < -0.3 is 14.6 Å². The first-order valence-electron chi connectivity index (χ1n) is 9.20. The molecular formula is C20H26N2O3S. The number of piperidine rings is 1. The molecular weight excluding hydrogens is 348 g/mol. The standard InChI is InChI=1S/C20H26N2O3S/c1-14(2)12-17(18-4-3-11-26-18)21-19(23)15-5-8-22(9-6-15)20(24)16-7-10-25-13-16/h3-4,7,10-11,13-15,17H,5-6,8-9,12H2,1-2H3,(H,21,23). The average Bonchev–Trinajstić information content (AvgIpc) is 3.34. The van der Waals surface area contributed by atoms with Crippen LogP contribution in [0.2, 0.25) is 0 Å². The highest BCUT2D eigenvalue weighted by Crippen LogP contribution is 2.27. The molecule has 1 aliphatic heterocycles. The van der Waals surface area contributed by atoms with Crippen molar-refractivity contribution in [2.75, 3.05) is 13.1 Å². The van der Waals surface area contributed by atoms with E-state index in [1.807, 2.05) is 6.07 Å². The minimum Gasteiger partial charge on any atom is -0.472 e. The molecule has 1 saturated heterocycles. The van der Waals surface area contributed by atoms with E-state index in [4.69, 9.17) is 4.42 Å². The molecule has 0 bridgehead atoms. The van der Waals surface area contributed by atoms with Crippen molar-refractivity contribution in [3.63, 3.8) is 0 Å². The summed E-state index contributed by atoms with van der Waals surface area (Å²) in [4.78, 5) is 28.1. The topological polar surface area (TPSA) is 62.6 Å². The summed E-state index contributed by atoms with van der Waals surface area (Å²) in [6.45, 7) is 5.56. The molecule has 1 fully saturated rings. The van der Waals surface area contributed by atoms with Crippen LogP contribution in [-0.2, 0) is 4.79 Å². The first-order chi connectivity index (χ1) is 12.5. The van der Waals surface area contributed by atoms with Crippen molar-refractivity contribution < 1.29 is 14.0 Å². The van der Waals surface area contributed by atoms with E-state index < -0.39 is 0 Å². The van der Waals surface area contributed by atoms with Crippen LogP contribution in [0.25, 0.3) is 0 Å². The first kappa shape index (κ1) is 18.7. The second kappa shape index (κ2) is 8.54. The summed E-state index contributed by atoms with van der Waals surface area (Å²) in [5.74, 6) is 0.572. The fourth-order valence-electron chi connectivity index (χ4n) is 3.41. The number of carbonyl (C=O) groups excluding carboxylic acids is 2. The summed E-state index contributed by atoms with van der Waals surface area (Å²) in [5.41, 5.74) is 0.572. The van der Waals surface area contributed by atoms with Gasteiger partial charge in [0, 0.05) is 23.9 Å². The van der Waals surface area contributed by atoms with Gasteiger partial charge in [-0.1, -0.05) is 19.9 Å². The van der Waals surface area contributed by atoms with Gasteiger partial charge in [0.2, 0.25) is 5.91 Å². The highest BCUT2D eigenvalue weighted by molar-refractivity contribution is 7.10. The minimum atomic E-state index is -0.0296. The number of furan rings is 1. The molecule has 1 atom stereocenters. The van der Waals surface area contributed by atoms with Gasteiger partial charge in [0.1, 0.15) is 6.26 Å². The molecule has 1 N–H and O–H groups in total. The van der Waals surface area contributed by atoms with Crippen molar-refractivity contribution in [2.24, 2.45) is 11.8 Å². The molecule has 140 valence electrons. The number of hydrogen-bond donors (Lipinski definition) is 1. The third-order valence-electron chi connectivity index (χ3n) is 4.83. The largest absolute Gasteiger partial charge is 0.472 e. The van der Waals surface area contributed by atoms with Crippen LogP contribution in [0.3, 0.4) is 0 Å². The summed E-state index contributed by atoms with van der Waals surface area (Å²) in [5, 5.41) is 5.30. The van der Waals surface area contributed by atoms with E-state index in [1.165, 1.54) is 17.4 Å². The Morgan fingerprint density at radius 1 is 1.31 bits per heavy atom. The Morgan fingerprint density at radius 3 is 2.65 bits per heavy atom. The van der Waals surface area contributed by atoms with E-state index in [-0.39, 0.29) is 23.8 Å². The average molecular weight is 375 g/mol. The second-order valence-electron chi connectivity index (χ2n) is 7.28. The molecule has 0 saturated carbocycles. The van der Waals surface area contributed by atoms with Crippen molar-refractivity contribution in [3.05, 3.63) is 46.5 Å². The lowest BCUT2D eigenvalue weighted by Crippen LogP contribution is -2.43. The number of nitrogens with one attached hydrogen (secondary N) is 1. The monoisotopic (exact) mass is 374 g/mol. The van der Waals surface area contributed by atoms with Crippen molar-refractivity contribution in [2.45, 2.75) is 39.2 Å². The number of hydrogen-bond acceptors (Lipinski definition) is 4. The van der Waals surface area contributed by atoms with Crippen molar-refractivity contribution in [1.29, 1.82) is 0 Å². The summed E-state index contributed by atoms with van der Waals surface area (Å²) in [6.07, 6.45) is 5.32. The maximum Gasteiger partial charge on any atom is 0.257 e. The van der Waals surface area contributed by atoms with E-state index in [0.717, 1.165) is 6.42 Å². The molecule has 3 heterocycles. The van der Waals surface area contributed by atoms with Gasteiger partial charge in [-0.15, -0.1) is 11.3 Å². The van der Waals surface area contributed by atoms with Gasteiger partial charge in [-0.3, -0.25) is 9.59 Å². The van der Waals surface area contributed by atoms with Crippen LogP contribution >= 0.6 is 11.3 Å². The number of nitrogens with zero attached hydrogens (tertiary/aromatic N) is 1. The van der Waals surface area contributed by atoms with Gasteiger partial charge in [0.15, 0.2) is 0 Å². The van der Waals surface area contributed by atoms with Crippen LogP contribution in [-0.4, -0.2) is 29.8 Å². The zero-order valence-electron chi connectivity index (χ0n) is 15.3. The molecule has 0 aromatic carbocycles. The lowest BCUT2D eigenvalue weighted by molar-refractivity contribution is -0.127. The van der Waals surface area contributed by atoms with Crippen LogP contribution in [0.4, 0.5) is 0 Å². The zero-order chi connectivity index (χ0) is 18.5. The van der Waals surface area contributed by atoms with Gasteiger partial charge >= 0.3 is 0 Å². The lowest BCUT2D eigenvalue weighted by Gasteiger charge is -2.32. The molecule has 1 aliphatic rings. The smallest absolute Gasteiger partial charge is 0.257 e. The predicted molar refractivity (Wildman–Crippen MR) is 102 cm³/mol. The molecule has 0 aliphatic carbocycles. The molecule has 2 amide bonds. The maximum atomic E-state index is 12.8. The van der Waals surface area contributed by atoms with Crippen molar-refractivity contribution in [3.8, 4) is 0 Å². The molecule has 2 aromatic heterocycles. The number of rotatable bonds is 6. The first-order valence-corrected chi connectivity index (χ1v) is 10.1. The summed E-state index contributed by atoms with van der Waals surface area (Å²) >= 11 is 1.69. The third kappa shape index (κ3) is 4.55. The normalized spacial score (nSPS) is 16.7. The highest BCUT2D eigenvalue weighted by atomic mass is 32.1. The number of likely N-dealkylation sites (tertiary alicyclic amines) is 1. The van der Waals surface area contributed by atoms with Gasteiger partial charge in [0.25, 0.3) is 5.91 Å². The van der Waals surface area contributed by atoms with E-state index >= 15 is 0 Å². The molecule has 2 aromatic rings. The van der Waals surface area contributed by atoms with E-state index in [9.17, 15) is 9.59 Å². The molecule has 6 heteroatoms. The number of thiophene rings is 1. The summed E-state index contributed by atoms with van der Waals surface area (Å²) in [7, 11) is 0. The molecule has 3 rings (SSSR count). The quantitative estimate of drug-likeness (QED) is 0.828. The second-order valence-corrected chi connectivity index (χ2v) is 8.26. The fourth-order valence-corrected chi connectivity index (χ4v) is 4.20. The lowest BCUT2D eigenvalue weighted by atomic mass is 9.94. The Hall–Kier alpha value is -2.08. The molecule has 5 nitrogen and oxygen atoms in total. The van der Waals surface area contributed by atoms with Crippen LogP contribution < -0.4 is 5.32 Å². The molecule has 0 radical (unpaired) electrons. The number of amides is 2. The molecule has 0 spiro atoms.